The van der Waals surface area contributed by atoms with Crippen LogP contribution >= 0.6 is 0 Å². The lowest BCUT2D eigenvalue weighted by Crippen LogP contribution is -2.48. The van der Waals surface area contributed by atoms with Gasteiger partial charge in [-0.25, -0.2) is 0 Å². The van der Waals surface area contributed by atoms with Gasteiger partial charge in [0, 0.05) is 19.1 Å². The average Bonchev–Trinajstić information content (AvgIpc) is 2.76. The van der Waals surface area contributed by atoms with Gasteiger partial charge in [0.25, 0.3) is 0 Å². The molecule has 0 radical (unpaired) electrons. The molecule has 19 heavy (non-hydrogen) atoms. The van der Waals surface area contributed by atoms with Crippen molar-refractivity contribution >= 4 is 0 Å². The van der Waals surface area contributed by atoms with Crippen molar-refractivity contribution in [3.05, 3.63) is 29.3 Å². The van der Waals surface area contributed by atoms with Crippen molar-refractivity contribution in [2.75, 3.05) is 26.8 Å². The van der Waals surface area contributed by atoms with Crippen LogP contribution in [-0.2, 0) is 11.2 Å². The summed E-state index contributed by atoms with van der Waals surface area (Å²) in [5, 5.41) is 10.6. The Bertz CT molecular complexity index is 463. The second kappa shape index (κ2) is 5.12. The Morgan fingerprint density at radius 3 is 3.00 bits per heavy atom. The molecule has 0 amide bonds. The molecule has 104 valence electrons. The fourth-order valence-corrected chi connectivity index (χ4v) is 3.18. The Labute approximate surface area is 113 Å². The van der Waals surface area contributed by atoms with E-state index in [-0.39, 0.29) is 12.1 Å². The first kappa shape index (κ1) is 12.9. The van der Waals surface area contributed by atoms with Crippen LogP contribution in [0, 0.1) is 0 Å². The van der Waals surface area contributed by atoms with Gasteiger partial charge in [0.15, 0.2) is 0 Å². The fraction of sp³-hybridized carbons (Fsp3) is 0.600. The normalized spacial score (nSPS) is 31.2. The fourth-order valence-electron chi connectivity index (χ4n) is 3.18. The molecule has 1 heterocycles. The molecule has 3 atom stereocenters. The summed E-state index contributed by atoms with van der Waals surface area (Å²) >= 11 is 0. The standard InChI is InChI=1S/C15H21NO3/c1-10-9-16(5-6-19-10)14-7-11-3-4-12(18-2)8-13(11)15(14)17/h3-4,8,10,14-15,17H,5-7,9H2,1-2H3. The first-order valence-electron chi connectivity index (χ1n) is 6.89. The van der Waals surface area contributed by atoms with Crippen LogP contribution in [0.1, 0.15) is 24.2 Å². The summed E-state index contributed by atoms with van der Waals surface area (Å²) in [6.07, 6.45) is 0.738. The molecule has 0 aromatic heterocycles. The van der Waals surface area contributed by atoms with Crippen molar-refractivity contribution in [2.24, 2.45) is 0 Å². The summed E-state index contributed by atoms with van der Waals surface area (Å²) in [4.78, 5) is 2.35. The molecule has 4 nitrogen and oxygen atoms in total. The summed E-state index contributed by atoms with van der Waals surface area (Å²) in [5.41, 5.74) is 2.25. The van der Waals surface area contributed by atoms with E-state index in [9.17, 15) is 5.11 Å². The third kappa shape index (κ3) is 2.36. The molecule has 1 N–H and O–H groups in total. The number of fused-ring (bicyclic) bond motifs is 1. The minimum absolute atomic E-state index is 0.174. The molecule has 4 heteroatoms. The van der Waals surface area contributed by atoms with E-state index >= 15 is 0 Å². The molecule has 1 saturated heterocycles. The van der Waals surface area contributed by atoms with Crippen molar-refractivity contribution in [3.8, 4) is 5.75 Å². The molecule has 2 aliphatic rings. The van der Waals surface area contributed by atoms with E-state index in [2.05, 4.69) is 17.9 Å². The van der Waals surface area contributed by atoms with Crippen LogP contribution in [0.5, 0.6) is 5.75 Å². The quantitative estimate of drug-likeness (QED) is 0.875. The lowest BCUT2D eigenvalue weighted by molar-refractivity contribution is -0.0542. The summed E-state index contributed by atoms with van der Waals surface area (Å²) in [6, 6.07) is 6.18. The molecule has 0 spiro atoms. The Balaban J connectivity index is 1.80. The minimum Gasteiger partial charge on any atom is -0.497 e. The number of benzene rings is 1. The maximum Gasteiger partial charge on any atom is 0.119 e. The second-order valence-corrected chi connectivity index (χ2v) is 5.46. The van der Waals surface area contributed by atoms with Gasteiger partial charge in [-0.1, -0.05) is 6.07 Å². The van der Waals surface area contributed by atoms with Crippen LogP contribution in [0.15, 0.2) is 18.2 Å². The number of methoxy groups -OCH3 is 1. The first-order chi connectivity index (χ1) is 9.19. The van der Waals surface area contributed by atoms with Gasteiger partial charge < -0.3 is 14.6 Å². The van der Waals surface area contributed by atoms with Gasteiger partial charge >= 0.3 is 0 Å². The molecule has 1 aromatic rings. The molecule has 0 bridgehead atoms. The largest absolute Gasteiger partial charge is 0.497 e. The van der Waals surface area contributed by atoms with E-state index in [0.29, 0.717) is 0 Å². The van der Waals surface area contributed by atoms with E-state index in [1.165, 1.54) is 5.56 Å². The minimum atomic E-state index is -0.421. The SMILES string of the molecule is COc1ccc2c(c1)C(O)C(N1CCOC(C)C1)C2. The Morgan fingerprint density at radius 2 is 2.26 bits per heavy atom. The summed E-state index contributed by atoms with van der Waals surface area (Å²) in [6.45, 7) is 4.64. The molecule has 1 fully saturated rings. The molecular formula is C15H21NO3. The number of ether oxygens (including phenoxy) is 2. The van der Waals surface area contributed by atoms with Crippen LogP contribution < -0.4 is 4.74 Å². The zero-order chi connectivity index (χ0) is 13.4. The van der Waals surface area contributed by atoms with Crippen molar-refractivity contribution in [1.82, 2.24) is 4.90 Å². The molecule has 1 aliphatic carbocycles. The van der Waals surface area contributed by atoms with Crippen molar-refractivity contribution in [3.63, 3.8) is 0 Å². The van der Waals surface area contributed by atoms with Crippen LogP contribution in [-0.4, -0.2) is 49.0 Å². The van der Waals surface area contributed by atoms with Crippen LogP contribution in [0.2, 0.25) is 0 Å². The number of nitrogens with zero attached hydrogens (tertiary/aromatic N) is 1. The number of aliphatic hydroxyl groups is 1. The van der Waals surface area contributed by atoms with Crippen molar-refractivity contribution in [2.45, 2.75) is 31.6 Å². The Hall–Kier alpha value is -1.10. The number of hydrogen-bond acceptors (Lipinski definition) is 4. The van der Waals surface area contributed by atoms with Crippen LogP contribution in [0.25, 0.3) is 0 Å². The summed E-state index contributed by atoms with van der Waals surface area (Å²) in [7, 11) is 1.66. The maximum absolute atomic E-state index is 10.6. The average molecular weight is 263 g/mol. The third-order valence-electron chi connectivity index (χ3n) is 4.21. The van der Waals surface area contributed by atoms with Gasteiger partial charge in [-0.3, -0.25) is 4.90 Å². The van der Waals surface area contributed by atoms with Gasteiger partial charge in [0.2, 0.25) is 0 Å². The summed E-state index contributed by atoms with van der Waals surface area (Å²) < 4.78 is 10.8. The van der Waals surface area contributed by atoms with Crippen molar-refractivity contribution < 1.29 is 14.6 Å². The third-order valence-corrected chi connectivity index (χ3v) is 4.21. The van der Waals surface area contributed by atoms with E-state index < -0.39 is 6.10 Å². The highest BCUT2D eigenvalue weighted by atomic mass is 16.5. The lowest BCUT2D eigenvalue weighted by Gasteiger charge is -2.36. The smallest absolute Gasteiger partial charge is 0.119 e. The highest BCUT2D eigenvalue weighted by molar-refractivity contribution is 5.41. The predicted molar refractivity (Wildman–Crippen MR) is 72.4 cm³/mol. The highest BCUT2D eigenvalue weighted by Gasteiger charge is 2.36. The number of rotatable bonds is 2. The van der Waals surface area contributed by atoms with Gasteiger partial charge in [0.1, 0.15) is 5.75 Å². The lowest BCUT2D eigenvalue weighted by atomic mass is 10.1. The van der Waals surface area contributed by atoms with E-state index in [1.54, 1.807) is 7.11 Å². The highest BCUT2D eigenvalue weighted by Crippen LogP contribution is 2.37. The van der Waals surface area contributed by atoms with Crippen LogP contribution in [0.3, 0.4) is 0 Å². The molecule has 3 unspecified atom stereocenters. The zero-order valence-corrected chi connectivity index (χ0v) is 11.5. The molecule has 3 rings (SSSR count). The van der Waals surface area contributed by atoms with E-state index in [0.717, 1.165) is 37.4 Å². The number of hydrogen-bond donors (Lipinski definition) is 1. The van der Waals surface area contributed by atoms with Gasteiger partial charge in [0.05, 0.1) is 25.9 Å². The van der Waals surface area contributed by atoms with Crippen molar-refractivity contribution in [1.29, 1.82) is 0 Å². The van der Waals surface area contributed by atoms with Gasteiger partial charge in [-0.05, 0) is 36.6 Å². The predicted octanol–water partition coefficient (Wildman–Crippen LogP) is 1.37. The second-order valence-electron chi connectivity index (χ2n) is 5.46. The Kier molecular flexibility index (Phi) is 3.48. The first-order valence-corrected chi connectivity index (χ1v) is 6.89. The molecule has 1 aliphatic heterocycles. The monoisotopic (exact) mass is 263 g/mol. The number of aliphatic hydroxyl groups excluding tert-OH is 1. The summed E-state index contributed by atoms with van der Waals surface area (Å²) in [5.74, 6) is 0.814. The van der Waals surface area contributed by atoms with E-state index in [4.69, 9.17) is 9.47 Å². The zero-order valence-electron chi connectivity index (χ0n) is 11.5. The maximum atomic E-state index is 10.6. The van der Waals surface area contributed by atoms with E-state index in [1.807, 2.05) is 12.1 Å². The molecular weight excluding hydrogens is 242 g/mol. The molecule has 0 saturated carbocycles. The van der Waals surface area contributed by atoms with Crippen LogP contribution in [0.4, 0.5) is 0 Å². The topological polar surface area (TPSA) is 41.9 Å². The van der Waals surface area contributed by atoms with Gasteiger partial charge in [-0.15, -0.1) is 0 Å². The number of morpholine rings is 1. The Morgan fingerprint density at radius 1 is 1.42 bits per heavy atom. The van der Waals surface area contributed by atoms with Gasteiger partial charge in [-0.2, -0.15) is 0 Å². The molecule has 1 aromatic carbocycles.